The molecule has 0 atom stereocenters. The highest BCUT2D eigenvalue weighted by molar-refractivity contribution is 14.1. The van der Waals surface area contributed by atoms with Crippen molar-refractivity contribution in [3.8, 4) is 5.75 Å². The highest BCUT2D eigenvalue weighted by atomic mass is 127. The monoisotopic (exact) mass is 459 g/mol. The Bertz CT molecular complexity index is 1160. The van der Waals surface area contributed by atoms with Crippen LogP contribution in [0.15, 0.2) is 37.1 Å². The number of aryl methyl sites for hydroxylation is 1. The van der Waals surface area contributed by atoms with Crippen LogP contribution in [-0.4, -0.2) is 33.0 Å². The lowest BCUT2D eigenvalue weighted by molar-refractivity contribution is 0.102. The van der Waals surface area contributed by atoms with Crippen molar-refractivity contribution in [2.75, 3.05) is 12.4 Å². The zero-order chi connectivity index (χ0) is 18.3. The van der Waals surface area contributed by atoms with Gasteiger partial charge >= 0.3 is 0 Å². The number of ether oxygens (including phenoxy) is 1. The fraction of sp³-hybridized carbons (Fsp3) is 0.111. The Morgan fingerprint density at radius 1 is 1.27 bits per heavy atom. The van der Waals surface area contributed by atoms with Gasteiger partial charge in [-0.15, -0.1) is 0 Å². The van der Waals surface area contributed by atoms with Gasteiger partial charge in [-0.2, -0.15) is 0 Å². The summed E-state index contributed by atoms with van der Waals surface area (Å²) >= 11 is 2.20. The van der Waals surface area contributed by atoms with Crippen LogP contribution in [0.4, 0.5) is 5.69 Å². The molecule has 3 aromatic heterocycles. The molecular formula is C18H14IN5O2. The predicted octanol–water partition coefficient (Wildman–Crippen LogP) is 3.68. The van der Waals surface area contributed by atoms with Gasteiger partial charge in [-0.1, -0.05) is 0 Å². The number of pyridine rings is 1. The van der Waals surface area contributed by atoms with E-state index in [-0.39, 0.29) is 5.91 Å². The molecule has 0 spiro atoms. The normalized spacial score (nSPS) is 11.0. The molecule has 1 amide bonds. The van der Waals surface area contributed by atoms with E-state index in [1.807, 2.05) is 12.1 Å². The van der Waals surface area contributed by atoms with Crippen molar-refractivity contribution in [2.24, 2.45) is 0 Å². The van der Waals surface area contributed by atoms with E-state index in [4.69, 9.17) is 4.74 Å². The molecule has 4 aromatic rings. The van der Waals surface area contributed by atoms with Gasteiger partial charge < -0.3 is 15.0 Å². The topological polar surface area (TPSA) is 92.8 Å². The summed E-state index contributed by atoms with van der Waals surface area (Å²) in [6, 6.07) is 3.97. The number of carbonyl (C=O) groups excluding carboxylic acids is 1. The number of fused-ring (bicyclic) bond motifs is 3. The van der Waals surface area contributed by atoms with Gasteiger partial charge in [-0.3, -0.25) is 9.78 Å². The fourth-order valence-corrected chi connectivity index (χ4v) is 3.75. The SMILES string of the molecule is COc1c(I)cc2c([nH]c3cnccc32)c1NC(=O)c1cncnc1C. The molecule has 0 bridgehead atoms. The van der Waals surface area contributed by atoms with E-state index in [2.05, 4.69) is 47.8 Å². The number of aromatic amines is 1. The Balaban J connectivity index is 1.92. The molecule has 7 nitrogen and oxygen atoms in total. The van der Waals surface area contributed by atoms with Crippen molar-refractivity contribution in [3.63, 3.8) is 0 Å². The first-order valence-corrected chi connectivity index (χ1v) is 8.88. The maximum atomic E-state index is 12.8. The molecule has 0 aliphatic rings. The number of aromatic nitrogens is 4. The molecule has 0 fully saturated rings. The Morgan fingerprint density at radius 2 is 2.12 bits per heavy atom. The van der Waals surface area contributed by atoms with Gasteiger partial charge in [0, 0.05) is 23.2 Å². The number of rotatable bonds is 3. The second-order valence-electron chi connectivity index (χ2n) is 5.71. The van der Waals surface area contributed by atoms with Crippen molar-refractivity contribution >= 4 is 56.0 Å². The standard InChI is InChI=1S/C18H14IN5O2/c1-9-12(6-21-8-22-9)18(25)24-16-15-11(5-13(19)17(16)26-2)10-3-4-20-7-14(10)23-15/h3-8,23H,1-2H3,(H,24,25). The van der Waals surface area contributed by atoms with Crippen LogP contribution in [0.2, 0.25) is 0 Å². The van der Waals surface area contributed by atoms with Crippen molar-refractivity contribution in [1.29, 1.82) is 0 Å². The third-order valence-corrected chi connectivity index (χ3v) is 5.01. The quantitative estimate of drug-likeness (QED) is 0.456. The summed E-state index contributed by atoms with van der Waals surface area (Å²) in [7, 11) is 1.58. The van der Waals surface area contributed by atoms with Crippen LogP contribution in [0.3, 0.4) is 0 Å². The minimum Gasteiger partial charge on any atom is -0.493 e. The smallest absolute Gasteiger partial charge is 0.259 e. The molecule has 0 aliphatic carbocycles. The number of anilines is 1. The average Bonchev–Trinajstić information content (AvgIpc) is 3.01. The van der Waals surface area contributed by atoms with Crippen LogP contribution < -0.4 is 10.1 Å². The zero-order valence-electron chi connectivity index (χ0n) is 14.0. The number of halogens is 1. The summed E-state index contributed by atoms with van der Waals surface area (Å²) in [6.07, 6.45) is 6.43. The number of hydrogen-bond acceptors (Lipinski definition) is 5. The summed E-state index contributed by atoms with van der Waals surface area (Å²) in [5.41, 5.74) is 3.28. The molecular weight excluding hydrogens is 445 g/mol. The maximum Gasteiger partial charge on any atom is 0.259 e. The minimum atomic E-state index is -0.290. The summed E-state index contributed by atoms with van der Waals surface area (Å²) < 4.78 is 6.45. The van der Waals surface area contributed by atoms with Crippen molar-refractivity contribution < 1.29 is 9.53 Å². The number of amides is 1. The molecule has 0 aliphatic heterocycles. The van der Waals surface area contributed by atoms with Crippen LogP contribution >= 0.6 is 22.6 Å². The van der Waals surface area contributed by atoms with Crippen LogP contribution in [0.5, 0.6) is 5.75 Å². The molecule has 0 radical (unpaired) electrons. The Hall–Kier alpha value is -2.75. The molecule has 0 unspecified atom stereocenters. The molecule has 1 aromatic carbocycles. The number of H-pyrrole nitrogens is 1. The van der Waals surface area contributed by atoms with Gasteiger partial charge in [0.25, 0.3) is 5.91 Å². The van der Waals surface area contributed by atoms with Crippen LogP contribution in [0, 0.1) is 10.5 Å². The van der Waals surface area contributed by atoms with Gasteiger partial charge in [0.05, 0.1) is 39.2 Å². The molecule has 26 heavy (non-hydrogen) atoms. The number of benzene rings is 1. The van der Waals surface area contributed by atoms with Crippen molar-refractivity contribution in [2.45, 2.75) is 6.92 Å². The highest BCUT2D eigenvalue weighted by Gasteiger charge is 2.20. The number of carbonyl (C=O) groups is 1. The largest absolute Gasteiger partial charge is 0.493 e. The number of nitrogens with zero attached hydrogens (tertiary/aromatic N) is 3. The van der Waals surface area contributed by atoms with E-state index < -0.39 is 0 Å². The molecule has 130 valence electrons. The van der Waals surface area contributed by atoms with Gasteiger partial charge in [0.1, 0.15) is 12.0 Å². The van der Waals surface area contributed by atoms with E-state index in [1.165, 1.54) is 12.5 Å². The zero-order valence-corrected chi connectivity index (χ0v) is 16.2. The van der Waals surface area contributed by atoms with Crippen LogP contribution in [0.1, 0.15) is 16.1 Å². The summed E-state index contributed by atoms with van der Waals surface area (Å²) in [5.74, 6) is 0.307. The molecule has 2 N–H and O–H groups in total. The van der Waals surface area contributed by atoms with Gasteiger partial charge in [-0.25, -0.2) is 9.97 Å². The molecule has 0 saturated heterocycles. The molecule has 0 saturated carbocycles. The number of nitrogens with one attached hydrogen (secondary N) is 2. The molecule has 8 heteroatoms. The minimum absolute atomic E-state index is 0.290. The fourth-order valence-electron chi connectivity index (χ4n) is 2.95. The van der Waals surface area contributed by atoms with E-state index >= 15 is 0 Å². The second-order valence-corrected chi connectivity index (χ2v) is 6.87. The summed E-state index contributed by atoms with van der Waals surface area (Å²) in [4.78, 5) is 28.3. The Kier molecular flexibility index (Phi) is 4.19. The Morgan fingerprint density at radius 3 is 2.88 bits per heavy atom. The lowest BCUT2D eigenvalue weighted by Crippen LogP contribution is -2.15. The van der Waals surface area contributed by atoms with Gasteiger partial charge in [0.2, 0.25) is 0 Å². The number of methoxy groups -OCH3 is 1. The predicted molar refractivity (Wildman–Crippen MR) is 108 cm³/mol. The molecule has 4 rings (SSSR count). The summed E-state index contributed by atoms with van der Waals surface area (Å²) in [5, 5.41) is 4.99. The van der Waals surface area contributed by atoms with Crippen LogP contribution in [0.25, 0.3) is 21.8 Å². The lowest BCUT2D eigenvalue weighted by atomic mass is 10.1. The number of hydrogen-bond donors (Lipinski definition) is 2. The van der Waals surface area contributed by atoms with Crippen molar-refractivity contribution in [3.05, 3.63) is 51.9 Å². The van der Waals surface area contributed by atoms with E-state index in [0.717, 1.165) is 25.4 Å². The first kappa shape index (κ1) is 16.7. The first-order chi connectivity index (χ1) is 12.6. The summed E-state index contributed by atoms with van der Waals surface area (Å²) in [6.45, 7) is 1.77. The first-order valence-electron chi connectivity index (χ1n) is 7.80. The third-order valence-electron chi connectivity index (χ3n) is 4.20. The lowest BCUT2D eigenvalue weighted by Gasteiger charge is -2.14. The second kappa shape index (κ2) is 6.52. The maximum absolute atomic E-state index is 12.8. The van der Waals surface area contributed by atoms with Gasteiger partial charge in [0.15, 0.2) is 5.75 Å². The highest BCUT2D eigenvalue weighted by Crippen LogP contribution is 2.40. The third kappa shape index (κ3) is 2.66. The molecule has 3 heterocycles. The van der Waals surface area contributed by atoms with E-state index in [9.17, 15) is 4.79 Å². The van der Waals surface area contributed by atoms with E-state index in [0.29, 0.717) is 22.7 Å². The van der Waals surface area contributed by atoms with Crippen LogP contribution in [-0.2, 0) is 0 Å². The van der Waals surface area contributed by atoms with Gasteiger partial charge in [-0.05, 0) is 41.6 Å². The van der Waals surface area contributed by atoms with Crippen molar-refractivity contribution in [1.82, 2.24) is 19.9 Å². The van der Waals surface area contributed by atoms with E-state index in [1.54, 1.807) is 26.4 Å². The Labute approximate surface area is 162 Å². The average molecular weight is 459 g/mol.